The van der Waals surface area contributed by atoms with E-state index < -0.39 is 0 Å². The van der Waals surface area contributed by atoms with E-state index in [2.05, 4.69) is 293 Å². The summed E-state index contributed by atoms with van der Waals surface area (Å²) >= 11 is 1.91. The largest absolute Gasteiger partial charge is 0.456 e. The maximum atomic E-state index is 6.94. The summed E-state index contributed by atoms with van der Waals surface area (Å²) in [6, 6.07) is 70.5. The summed E-state index contributed by atoms with van der Waals surface area (Å²) in [5, 5.41) is 7.52. The van der Waals surface area contributed by atoms with Crippen LogP contribution in [-0.4, -0.2) is 11.4 Å². The first kappa shape index (κ1) is 52.3. The van der Waals surface area contributed by atoms with Gasteiger partial charge in [-0.05, 0) is 174 Å². The maximum Gasteiger partial charge on any atom is 0.333 e. The monoisotopic (exact) mass is 1120 g/mol. The van der Waals surface area contributed by atoms with Crippen LogP contribution in [0.4, 0.5) is 28.4 Å². The lowest BCUT2D eigenvalue weighted by Gasteiger charge is -2.43. The van der Waals surface area contributed by atoms with Crippen LogP contribution in [-0.2, 0) is 27.1 Å². The Morgan fingerprint density at radius 3 is 1.71 bits per heavy atom. The third-order valence-corrected chi connectivity index (χ3v) is 20.7. The third-order valence-electron chi connectivity index (χ3n) is 19.6. The molecule has 13 aromatic rings. The first-order valence-corrected chi connectivity index (χ1v) is 31.4. The summed E-state index contributed by atoms with van der Waals surface area (Å²) in [7, 11) is 0. The molecule has 3 aromatic heterocycles. The molecule has 418 valence electrons. The Morgan fingerprint density at radius 2 is 1.05 bits per heavy atom. The van der Waals surface area contributed by atoms with Crippen molar-refractivity contribution in [1.29, 1.82) is 0 Å². The number of furan rings is 1. The van der Waals surface area contributed by atoms with Gasteiger partial charge >= 0.3 is 6.85 Å². The second-order valence-corrected chi connectivity index (χ2v) is 30.5. The quantitative estimate of drug-likeness (QED) is 0.164. The topological polar surface area (TPSA) is 24.6 Å². The number of anilines is 5. The SMILES string of the molecule is CC(C)(C)c1ccc(N2B3c4cc5oc6ccccc6c5cc4-n4c5ccc(C(C)(C)C)cc5c5c6c(c(c3c54)-c3cc4c(cc32)sc2cc(N(c3ccc(C(C)(C)C)cc3)c3ccc(C(C)(C)C)cc3)ccc24)-c2ccccc2C6(C)C)cc1. The second kappa shape index (κ2) is 17.4. The van der Waals surface area contributed by atoms with Crippen molar-refractivity contribution in [1.82, 2.24) is 4.57 Å². The van der Waals surface area contributed by atoms with E-state index in [1.807, 2.05) is 11.3 Å². The van der Waals surface area contributed by atoms with Gasteiger partial charge < -0.3 is 18.7 Å². The lowest BCUT2D eigenvalue weighted by atomic mass is 9.43. The van der Waals surface area contributed by atoms with Crippen molar-refractivity contribution < 1.29 is 4.42 Å². The van der Waals surface area contributed by atoms with Gasteiger partial charge in [0, 0.05) is 86.8 Å². The van der Waals surface area contributed by atoms with E-state index in [0.717, 1.165) is 39.0 Å². The smallest absolute Gasteiger partial charge is 0.333 e. The van der Waals surface area contributed by atoms with Gasteiger partial charge in [0.05, 0.1) is 11.0 Å². The number of hydrogen-bond acceptors (Lipinski definition) is 4. The Kier molecular flexibility index (Phi) is 10.7. The molecule has 0 fully saturated rings. The Balaban J connectivity index is 1.03. The van der Waals surface area contributed by atoms with Gasteiger partial charge in [0.2, 0.25) is 0 Å². The van der Waals surface area contributed by atoms with E-state index in [-0.39, 0.29) is 33.9 Å². The standard InChI is InChI=1S/C79H72BN3OS/c1-75(2,3)45-23-30-49(31-24-45)81(50-32-25-46(26-33-50)76(4,5)6)52-36-37-54-57-41-59-63(44-68(57)85-67(54)40-52)83(51-34-27-47(28-35-51)77(7,8)9)80-61-43-66-56(53-19-16-18-22-65(53)84-66)42-64(61)82-62-38-29-48(78(10,11)12)39-58(62)71-72-69(70(59)73(80)74(71)82)55-20-15-17-21-60(55)79(72,13)14/h15-44H,1-14H3. The van der Waals surface area contributed by atoms with Crippen LogP contribution >= 0.6 is 11.3 Å². The molecule has 85 heavy (non-hydrogen) atoms. The summed E-state index contributed by atoms with van der Waals surface area (Å²) in [6.07, 6.45) is 0. The molecule has 16 rings (SSSR count). The average Bonchev–Trinajstić information content (AvgIpc) is 1.54. The Hall–Kier alpha value is -8.32. The fourth-order valence-electron chi connectivity index (χ4n) is 15.0. The molecule has 0 N–H and O–H groups in total. The number of aromatic nitrogens is 1. The van der Waals surface area contributed by atoms with Crippen LogP contribution in [0.25, 0.3) is 91.9 Å². The molecule has 3 aliphatic rings. The highest BCUT2D eigenvalue weighted by molar-refractivity contribution is 7.26. The van der Waals surface area contributed by atoms with Crippen molar-refractivity contribution in [2.45, 2.75) is 124 Å². The number of fused-ring (bicyclic) bond motifs is 19. The zero-order valence-corrected chi connectivity index (χ0v) is 52.4. The van der Waals surface area contributed by atoms with Crippen LogP contribution in [0, 0.1) is 0 Å². The van der Waals surface area contributed by atoms with Gasteiger partial charge in [0.25, 0.3) is 0 Å². The van der Waals surface area contributed by atoms with Crippen molar-refractivity contribution in [3.63, 3.8) is 0 Å². The van der Waals surface area contributed by atoms with Crippen LogP contribution in [0.1, 0.15) is 130 Å². The number of rotatable bonds is 4. The highest BCUT2D eigenvalue weighted by Crippen LogP contribution is 2.60. The Labute approximate surface area is 504 Å². The number of nitrogens with zero attached hydrogens (tertiary/aromatic N) is 3. The van der Waals surface area contributed by atoms with Crippen molar-refractivity contribution in [3.05, 3.63) is 215 Å². The minimum absolute atomic E-state index is 0.0154. The lowest BCUT2D eigenvalue weighted by Crippen LogP contribution is -2.60. The molecule has 1 aliphatic carbocycles. The van der Waals surface area contributed by atoms with Crippen LogP contribution in [0.15, 0.2) is 186 Å². The number of thiophene rings is 1. The normalized spacial score (nSPS) is 14.5. The zero-order chi connectivity index (χ0) is 58.8. The summed E-state index contributed by atoms with van der Waals surface area (Å²) in [4.78, 5) is 5.16. The Bertz CT molecular complexity index is 4940. The molecule has 2 aliphatic heterocycles. The van der Waals surface area contributed by atoms with Gasteiger partial charge in [-0.3, -0.25) is 0 Å². The molecule has 0 radical (unpaired) electrons. The molecule has 0 amide bonds. The van der Waals surface area contributed by atoms with Crippen LogP contribution in [0.5, 0.6) is 0 Å². The second-order valence-electron chi connectivity index (χ2n) is 29.4. The highest BCUT2D eigenvalue weighted by Gasteiger charge is 2.50. The predicted molar refractivity (Wildman–Crippen MR) is 367 cm³/mol. The molecule has 0 bridgehead atoms. The Morgan fingerprint density at radius 1 is 0.459 bits per heavy atom. The van der Waals surface area contributed by atoms with E-state index >= 15 is 0 Å². The van der Waals surface area contributed by atoms with Gasteiger partial charge in [-0.2, -0.15) is 0 Å². The zero-order valence-electron chi connectivity index (χ0n) is 51.6. The van der Waals surface area contributed by atoms with Gasteiger partial charge in [0.15, 0.2) is 0 Å². The fraction of sp³-hybridized carbons (Fsp3) is 0.241. The van der Waals surface area contributed by atoms with Crippen molar-refractivity contribution in [3.8, 4) is 27.9 Å². The van der Waals surface area contributed by atoms with E-state index in [0.29, 0.717) is 0 Å². The highest BCUT2D eigenvalue weighted by atomic mass is 32.1. The molecule has 6 heteroatoms. The fourth-order valence-corrected chi connectivity index (χ4v) is 16.2. The maximum absolute atomic E-state index is 6.94. The average molecular weight is 1120 g/mol. The molecule has 0 unspecified atom stereocenters. The number of para-hydroxylation sites is 1. The molecule has 10 aromatic carbocycles. The van der Waals surface area contributed by atoms with E-state index in [1.54, 1.807) is 0 Å². The summed E-state index contributed by atoms with van der Waals surface area (Å²) in [5.74, 6) is 0. The molecule has 0 saturated carbocycles. The van der Waals surface area contributed by atoms with Gasteiger partial charge in [-0.1, -0.05) is 188 Å². The molecule has 0 atom stereocenters. The third kappa shape index (κ3) is 7.52. The van der Waals surface area contributed by atoms with E-state index in [4.69, 9.17) is 4.42 Å². The molecule has 0 spiro atoms. The predicted octanol–water partition coefficient (Wildman–Crippen LogP) is 21.3. The van der Waals surface area contributed by atoms with Gasteiger partial charge in [-0.15, -0.1) is 11.3 Å². The van der Waals surface area contributed by atoms with Gasteiger partial charge in [0.1, 0.15) is 11.2 Å². The first-order valence-electron chi connectivity index (χ1n) is 30.6. The minimum atomic E-state index is -0.306. The van der Waals surface area contributed by atoms with Crippen molar-refractivity contribution in [2.24, 2.45) is 0 Å². The minimum Gasteiger partial charge on any atom is -0.456 e. The lowest BCUT2D eigenvalue weighted by molar-refractivity contribution is 0.590. The van der Waals surface area contributed by atoms with Crippen LogP contribution in [0.3, 0.4) is 0 Å². The van der Waals surface area contributed by atoms with E-state index in [9.17, 15) is 0 Å². The number of benzene rings is 10. The summed E-state index contributed by atoms with van der Waals surface area (Å²) in [6.45, 7) is 32.5. The number of hydrogen-bond donors (Lipinski definition) is 0. The summed E-state index contributed by atoms with van der Waals surface area (Å²) in [5.41, 5.74) is 27.1. The molecule has 0 saturated heterocycles. The summed E-state index contributed by atoms with van der Waals surface area (Å²) < 4.78 is 12.1. The first-order chi connectivity index (χ1) is 40.4. The van der Waals surface area contributed by atoms with Crippen molar-refractivity contribution in [2.75, 3.05) is 9.71 Å². The molecular formula is C79H72BN3OS. The van der Waals surface area contributed by atoms with Crippen LogP contribution in [0.2, 0.25) is 0 Å². The van der Waals surface area contributed by atoms with Gasteiger partial charge in [-0.25, -0.2) is 0 Å². The van der Waals surface area contributed by atoms with Crippen molar-refractivity contribution >= 4 is 121 Å². The van der Waals surface area contributed by atoms with Crippen LogP contribution < -0.4 is 20.6 Å². The van der Waals surface area contributed by atoms with E-state index in [1.165, 1.54) is 126 Å². The molecule has 5 heterocycles. The molecular weight excluding hydrogens is 1050 g/mol. The molecule has 4 nitrogen and oxygen atoms in total.